The second kappa shape index (κ2) is 12.8. The van der Waals surface area contributed by atoms with Crippen LogP contribution in [0.4, 0.5) is 11.5 Å². The standard InChI is InChI=1S/C36H37N5O2S/c1-44(42)36-37-33-25-41(34-23-30(22-29-14-8-9-15-31(29)34)43-26-28-12-6-3-7-13-28)17-16-32(33)35(38-36)40-20-18-39(19-21-40)24-27-10-4-2-5-11-27/h2-15,22-23H,16-21,24-26H2,1H3. The van der Waals surface area contributed by atoms with Gasteiger partial charge in [0.05, 0.1) is 23.0 Å². The molecule has 0 amide bonds. The molecule has 3 heterocycles. The lowest BCUT2D eigenvalue weighted by atomic mass is 10.0. The molecule has 44 heavy (non-hydrogen) atoms. The summed E-state index contributed by atoms with van der Waals surface area (Å²) in [6, 6.07) is 33.7. The third kappa shape index (κ3) is 6.18. The average Bonchev–Trinajstić information content (AvgIpc) is 3.07. The Morgan fingerprint density at radius 2 is 1.48 bits per heavy atom. The van der Waals surface area contributed by atoms with Gasteiger partial charge in [0.15, 0.2) is 0 Å². The molecule has 8 heteroatoms. The number of ether oxygens (including phenoxy) is 1. The summed E-state index contributed by atoms with van der Waals surface area (Å²) in [6.07, 6.45) is 2.50. The van der Waals surface area contributed by atoms with Gasteiger partial charge in [-0.05, 0) is 29.0 Å². The zero-order chi connectivity index (χ0) is 29.9. The van der Waals surface area contributed by atoms with E-state index in [1.54, 1.807) is 6.26 Å². The van der Waals surface area contributed by atoms with Crippen molar-refractivity contribution >= 4 is 33.1 Å². The first-order valence-electron chi connectivity index (χ1n) is 15.3. The number of rotatable bonds is 8. The topological polar surface area (TPSA) is 61.8 Å². The number of piperazine rings is 1. The van der Waals surface area contributed by atoms with Crippen LogP contribution in [0.15, 0.2) is 102 Å². The summed E-state index contributed by atoms with van der Waals surface area (Å²) in [7, 11) is -1.28. The van der Waals surface area contributed by atoms with Crippen LogP contribution in [0.3, 0.4) is 0 Å². The first-order chi connectivity index (χ1) is 21.6. The quantitative estimate of drug-likeness (QED) is 0.207. The Labute approximate surface area is 261 Å². The van der Waals surface area contributed by atoms with Gasteiger partial charge in [-0.1, -0.05) is 84.9 Å². The molecular formula is C36H37N5O2S. The van der Waals surface area contributed by atoms with Crippen molar-refractivity contribution in [2.45, 2.75) is 31.3 Å². The molecule has 0 saturated carbocycles. The Morgan fingerprint density at radius 3 is 2.23 bits per heavy atom. The van der Waals surface area contributed by atoms with Gasteiger partial charge in [-0.15, -0.1) is 0 Å². The molecule has 0 bridgehead atoms. The lowest BCUT2D eigenvalue weighted by molar-refractivity contribution is 0.249. The normalized spacial score (nSPS) is 16.1. The van der Waals surface area contributed by atoms with E-state index in [1.807, 2.05) is 18.2 Å². The Balaban J connectivity index is 1.14. The summed E-state index contributed by atoms with van der Waals surface area (Å²) in [4.78, 5) is 17.0. The lowest BCUT2D eigenvalue weighted by Crippen LogP contribution is -2.47. The number of benzene rings is 4. The second-order valence-electron chi connectivity index (χ2n) is 11.6. The molecule has 7 rings (SSSR count). The summed E-state index contributed by atoms with van der Waals surface area (Å²) in [5, 5.41) is 2.74. The maximum absolute atomic E-state index is 12.7. The monoisotopic (exact) mass is 603 g/mol. The van der Waals surface area contributed by atoms with Crippen LogP contribution in [0.5, 0.6) is 5.75 Å². The molecule has 0 spiro atoms. The molecule has 1 unspecified atom stereocenters. The fourth-order valence-electron chi connectivity index (χ4n) is 6.29. The number of hydrogen-bond acceptors (Lipinski definition) is 7. The smallest absolute Gasteiger partial charge is 0.220 e. The van der Waals surface area contributed by atoms with E-state index in [-0.39, 0.29) is 0 Å². The fraction of sp³-hybridized carbons (Fsp3) is 0.278. The van der Waals surface area contributed by atoms with Crippen molar-refractivity contribution in [2.75, 3.05) is 48.8 Å². The predicted octanol–water partition coefficient (Wildman–Crippen LogP) is 5.83. The number of hydrogen-bond donors (Lipinski definition) is 0. The highest BCUT2D eigenvalue weighted by atomic mass is 32.2. The van der Waals surface area contributed by atoms with Crippen LogP contribution in [-0.2, 0) is 36.9 Å². The minimum Gasteiger partial charge on any atom is -0.489 e. The zero-order valence-corrected chi connectivity index (χ0v) is 25.9. The Bertz CT molecular complexity index is 1770. The van der Waals surface area contributed by atoms with Gasteiger partial charge in [-0.3, -0.25) is 9.11 Å². The number of aromatic nitrogens is 2. The minimum atomic E-state index is -1.28. The Hall–Kier alpha value is -4.27. The molecule has 0 aliphatic carbocycles. The van der Waals surface area contributed by atoms with Crippen molar-refractivity contribution < 1.29 is 8.95 Å². The van der Waals surface area contributed by atoms with Crippen LogP contribution >= 0.6 is 0 Å². The highest BCUT2D eigenvalue weighted by molar-refractivity contribution is 7.84. The molecule has 0 radical (unpaired) electrons. The molecule has 7 nitrogen and oxygen atoms in total. The molecule has 2 aliphatic heterocycles. The van der Waals surface area contributed by atoms with Gasteiger partial charge in [0.2, 0.25) is 5.16 Å². The molecule has 1 fully saturated rings. The van der Waals surface area contributed by atoms with Crippen LogP contribution in [-0.4, -0.2) is 58.1 Å². The fourth-order valence-corrected chi connectivity index (χ4v) is 6.75. The molecule has 224 valence electrons. The van der Waals surface area contributed by atoms with Crippen molar-refractivity contribution in [3.05, 3.63) is 119 Å². The molecule has 1 saturated heterocycles. The second-order valence-corrected chi connectivity index (χ2v) is 12.8. The SMILES string of the molecule is CS(=O)c1nc2c(c(N3CCN(Cc4ccccc4)CC3)n1)CCN(c1cc(OCc3ccccc3)cc3ccccc13)C2. The molecule has 4 aromatic carbocycles. The van der Waals surface area contributed by atoms with Crippen LogP contribution in [0, 0.1) is 0 Å². The lowest BCUT2D eigenvalue weighted by Gasteiger charge is -2.38. The van der Waals surface area contributed by atoms with Crippen LogP contribution in [0.2, 0.25) is 0 Å². The van der Waals surface area contributed by atoms with Gasteiger partial charge in [-0.25, -0.2) is 9.97 Å². The van der Waals surface area contributed by atoms with E-state index in [0.717, 1.165) is 79.6 Å². The zero-order valence-electron chi connectivity index (χ0n) is 25.1. The third-order valence-corrected chi connectivity index (χ3v) is 9.30. The maximum atomic E-state index is 12.7. The van der Waals surface area contributed by atoms with Gasteiger partial charge < -0.3 is 14.5 Å². The van der Waals surface area contributed by atoms with E-state index in [4.69, 9.17) is 14.7 Å². The molecule has 1 atom stereocenters. The average molecular weight is 604 g/mol. The van der Waals surface area contributed by atoms with Crippen LogP contribution < -0.4 is 14.5 Å². The Kier molecular flexibility index (Phi) is 8.27. The number of anilines is 2. The molecule has 0 N–H and O–H groups in total. The van der Waals surface area contributed by atoms with E-state index in [1.165, 1.54) is 16.5 Å². The molecule has 5 aromatic rings. The van der Waals surface area contributed by atoms with Crippen LogP contribution in [0.25, 0.3) is 10.8 Å². The van der Waals surface area contributed by atoms with Gasteiger partial charge in [0.25, 0.3) is 0 Å². The molecular weight excluding hydrogens is 566 g/mol. The van der Waals surface area contributed by atoms with E-state index >= 15 is 0 Å². The van der Waals surface area contributed by atoms with Crippen molar-refractivity contribution in [1.29, 1.82) is 0 Å². The van der Waals surface area contributed by atoms with E-state index in [2.05, 4.69) is 93.6 Å². The van der Waals surface area contributed by atoms with E-state index in [9.17, 15) is 4.21 Å². The first kappa shape index (κ1) is 28.5. The highest BCUT2D eigenvalue weighted by Crippen LogP contribution is 2.36. The summed E-state index contributed by atoms with van der Waals surface area (Å²) in [5.41, 5.74) is 5.77. The summed E-state index contributed by atoms with van der Waals surface area (Å²) < 4.78 is 19.0. The Morgan fingerprint density at radius 1 is 0.773 bits per heavy atom. The van der Waals surface area contributed by atoms with Gasteiger partial charge in [-0.2, -0.15) is 0 Å². The molecule has 1 aromatic heterocycles. The summed E-state index contributed by atoms with van der Waals surface area (Å²) in [6.45, 7) is 6.66. The van der Waals surface area contributed by atoms with E-state index in [0.29, 0.717) is 18.3 Å². The number of nitrogens with zero attached hydrogens (tertiary/aromatic N) is 5. The largest absolute Gasteiger partial charge is 0.489 e. The third-order valence-electron chi connectivity index (χ3n) is 8.60. The number of fused-ring (bicyclic) bond motifs is 2. The molecule has 2 aliphatic rings. The van der Waals surface area contributed by atoms with Crippen LogP contribution in [0.1, 0.15) is 22.4 Å². The van der Waals surface area contributed by atoms with E-state index < -0.39 is 10.8 Å². The minimum absolute atomic E-state index is 0.414. The highest BCUT2D eigenvalue weighted by Gasteiger charge is 2.28. The van der Waals surface area contributed by atoms with Gasteiger partial charge in [0, 0.05) is 68.2 Å². The van der Waals surface area contributed by atoms with Crippen molar-refractivity contribution in [2.24, 2.45) is 0 Å². The summed E-state index contributed by atoms with van der Waals surface area (Å²) >= 11 is 0. The summed E-state index contributed by atoms with van der Waals surface area (Å²) in [5.74, 6) is 1.81. The van der Waals surface area contributed by atoms with Gasteiger partial charge in [0.1, 0.15) is 18.2 Å². The van der Waals surface area contributed by atoms with Gasteiger partial charge >= 0.3 is 0 Å². The first-order valence-corrected chi connectivity index (χ1v) is 16.9. The maximum Gasteiger partial charge on any atom is 0.220 e. The van der Waals surface area contributed by atoms with Crippen molar-refractivity contribution in [3.63, 3.8) is 0 Å². The van der Waals surface area contributed by atoms with Crippen molar-refractivity contribution in [1.82, 2.24) is 14.9 Å². The van der Waals surface area contributed by atoms with Crippen molar-refractivity contribution in [3.8, 4) is 5.75 Å². The predicted molar refractivity (Wildman–Crippen MR) is 178 cm³/mol.